The van der Waals surface area contributed by atoms with E-state index in [2.05, 4.69) is 0 Å². The summed E-state index contributed by atoms with van der Waals surface area (Å²) in [4.78, 5) is 0. The van der Waals surface area contributed by atoms with Crippen LogP contribution >= 0.6 is 11.6 Å². The maximum absolute atomic E-state index is 13.0. The standard InChI is InChI=1S/C14H11ClF2O2/c1-8(18)11-4-2-9(6-12(11)15)19-10-3-5-13(16)14(17)7-10/h2-8,18H,1H3. The summed E-state index contributed by atoms with van der Waals surface area (Å²) >= 11 is 5.97. The quantitative estimate of drug-likeness (QED) is 0.901. The van der Waals surface area contributed by atoms with Gasteiger partial charge in [0.25, 0.3) is 0 Å². The molecule has 1 unspecified atom stereocenters. The zero-order valence-electron chi connectivity index (χ0n) is 10.0. The number of aliphatic hydroxyl groups excluding tert-OH is 1. The van der Waals surface area contributed by atoms with E-state index in [1.807, 2.05) is 0 Å². The van der Waals surface area contributed by atoms with Crippen molar-refractivity contribution >= 4 is 11.6 Å². The van der Waals surface area contributed by atoms with Gasteiger partial charge in [-0.1, -0.05) is 17.7 Å². The molecule has 0 saturated carbocycles. The van der Waals surface area contributed by atoms with E-state index in [0.29, 0.717) is 16.3 Å². The molecule has 5 heteroatoms. The van der Waals surface area contributed by atoms with Crippen LogP contribution in [0, 0.1) is 11.6 Å². The molecular formula is C14H11ClF2O2. The van der Waals surface area contributed by atoms with Gasteiger partial charge in [0.2, 0.25) is 0 Å². The smallest absolute Gasteiger partial charge is 0.162 e. The highest BCUT2D eigenvalue weighted by Crippen LogP contribution is 2.30. The first-order chi connectivity index (χ1) is 8.97. The van der Waals surface area contributed by atoms with E-state index in [9.17, 15) is 13.9 Å². The van der Waals surface area contributed by atoms with Gasteiger partial charge in [-0.25, -0.2) is 8.78 Å². The molecule has 0 amide bonds. The minimum Gasteiger partial charge on any atom is -0.457 e. The molecule has 0 saturated heterocycles. The lowest BCUT2D eigenvalue weighted by Crippen LogP contribution is -1.93. The highest BCUT2D eigenvalue weighted by Gasteiger charge is 2.09. The van der Waals surface area contributed by atoms with E-state index in [4.69, 9.17) is 16.3 Å². The lowest BCUT2D eigenvalue weighted by atomic mass is 10.1. The average Bonchev–Trinajstić information content (AvgIpc) is 2.33. The summed E-state index contributed by atoms with van der Waals surface area (Å²) in [6, 6.07) is 7.96. The SMILES string of the molecule is CC(O)c1ccc(Oc2ccc(F)c(F)c2)cc1Cl. The molecule has 0 aliphatic rings. The van der Waals surface area contributed by atoms with Gasteiger partial charge >= 0.3 is 0 Å². The molecular weight excluding hydrogens is 274 g/mol. The van der Waals surface area contributed by atoms with Crippen molar-refractivity contribution in [3.05, 3.63) is 58.6 Å². The van der Waals surface area contributed by atoms with Gasteiger partial charge in [0.15, 0.2) is 11.6 Å². The van der Waals surface area contributed by atoms with Gasteiger partial charge in [-0.15, -0.1) is 0 Å². The third kappa shape index (κ3) is 3.22. The zero-order valence-corrected chi connectivity index (χ0v) is 10.8. The first-order valence-corrected chi connectivity index (χ1v) is 5.95. The maximum atomic E-state index is 13.0. The molecule has 1 N–H and O–H groups in total. The van der Waals surface area contributed by atoms with Crippen molar-refractivity contribution in [2.45, 2.75) is 13.0 Å². The van der Waals surface area contributed by atoms with Crippen LogP contribution in [0.4, 0.5) is 8.78 Å². The van der Waals surface area contributed by atoms with Gasteiger partial charge in [0.05, 0.1) is 11.1 Å². The van der Waals surface area contributed by atoms with Crippen LogP contribution in [-0.2, 0) is 0 Å². The summed E-state index contributed by atoms with van der Waals surface area (Å²) in [5.41, 5.74) is 0.569. The topological polar surface area (TPSA) is 29.5 Å². The number of aliphatic hydroxyl groups is 1. The van der Waals surface area contributed by atoms with Crippen molar-refractivity contribution in [1.82, 2.24) is 0 Å². The van der Waals surface area contributed by atoms with Gasteiger partial charge in [-0.05, 0) is 36.8 Å². The number of hydrogen-bond acceptors (Lipinski definition) is 2. The fraction of sp³-hybridized carbons (Fsp3) is 0.143. The highest BCUT2D eigenvalue weighted by molar-refractivity contribution is 6.31. The third-order valence-electron chi connectivity index (χ3n) is 2.55. The molecule has 2 aromatic rings. The Balaban J connectivity index is 2.24. The lowest BCUT2D eigenvalue weighted by Gasteiger charge is -2.10. The fourth-order valence-corrected chi connectivity index (χ4v) is 1.92. The summed E-state index contributed by atoms with van der Waals surface area (Å²) < 4.78 is 31.1. The predicted molar refractivity (Wildman–Crippen MR) is 68.5 cm³/mol. The molecule has 100 valence electrons. The molecule has 1 atom stereocenters. The zero-order chi connectivity index (χ0) is 14.0. The van der Waals surface area contributed by atoms with E-state index in [1.165, 1.54) is 12.1 Å². The minimum atomic E-state index is -0.982. The van der Waals surface area contributed by atoms with E-state index in [-0.39, 0.29) is 5.75 Å². The summed E-state index contributed by atoms with van der Waals surface area (Å²) in [5.74, 6) is -1.38. The second-order valence-electron chi connectivity index (χ2n) is 4.04. The van der Waals surface area contributed by atoms with Crippen LogP contribution in [0.2, 0.25) is 5.02 Å². The van der Waals surface area contributed by atoms with E-state index in [0.717, 1.165) is 12.1 Å². The predicted octanol–water partition coefficient (Wildman–Crippen LogP) is 4.46. The second kappa shape index (κ2) is 5.55. The van der Waals surface area contributed by atoms with E-state index >= 15 is 0 Å². The van der Waals surface area contributed by atoms with Crippen molar-refractivity contribution in [2.75, 3.05) is 0 Å². The fourth-order valence-electron chi connectivity index (χ4n) is 1.59. The molecule has 2 rings (SSSR count). The van der Waals surface area contributed by atoms with E-state index in [1.54, 1.807) is 19.1 Å². The molecule has 0 aromatic heterocycles. The molecule has 0 aliphatic heterocycles. The van der Waals surface area contributed by atoms with Gasteiger partial charge in [0, 0.05) is 6.07 Å². The molecule has 2 nitrogen and oxygen atoms in total. The Bertz CT molecular complexity index is 600. The lowest BCUT2D eigenvalue weighted by molar-refractivity contribution is 0.199. The summed E-state index contributed by atoms with van der Waals surface area (Å²) in [6.07, 6.45) is -0.690. The van der Waals surface area contributed by atoms with Crippen LogP contribution in [0.15, 0.2) is 36.4 Å². The first-order valence-electron chi connectivity index (χ1n) is 5.58. The van der Waals surface area contributed by atoms with Crippen LogP contribution < -0.4 is 4.74 Å². The van der Waals surface area contributed by atoms with Crippen molar-refractivity contribution < 1.29 is 18.6 Å². The maximum Gasteiger partial charge on any atom is 0.162 e. The second-order valence-corrected chi connectivity index (χ2v) is 4.44. The summed E-state index contributed by atoms with van der Waals surface area (Å²) in [6.45, 7) is 1.59. The molecule has 19 heavy (non-hydrogen) atoms. The third-order valence-corrected chi connectivity index (χ3v) is 2.88. The molecule has 0 radical (unpaired) electrons. The van der Waals surface area contributed by atoms with Crippen LogP contribution in [0.3, 0.4) is 0 Å². The van der Waals surface area contributed by atoms with Gasteiger partial charge in [-0.3, -0.25) is 0 Å². The molecule has 0 heterocycles. The van der Waals surface area contributed by atoms with Crippen LogP contribution in [-0.4, -0.2) is 5.11 Å². The molecule has 2 aromatic carbocycles. The summed E-state index contributed by atoms with van der Waals surface area (Å²) in [7, 11) is 0. The van der Waals surface area contributed by atoms with Crippen LogP contribution in [0.1, 0.15) is 18.6 Å². The Morgan fingerprint density at radius 1 is 1.05 bits per heavy atom. The van der Waals surface area contributed by atoms with Crippen molar-refractivity contribution in [1.29, 1.82) is 0 Å². The number of benzene rings is 2. The largest absolute Gasteiger partial charge is 0.457 e. The average molecular weight is 285 g/mol. The number of hydrogen-bond donors (Lipinski definition) is 1. The molecule has 0 spiro atoms. The Kier molecular flexibility index (Phi) is 4.02. The first kappa shape index (κ1) is 13.8. The van der Waals surface area contributed by atoms with Crippen molar-refractivity contribution in [2.24, 2.45) is 0 Å². The monoisotopic (exact) mass is 284 g/mol. The van der Waals surface area contributed by atoms with E-state index < -0.39 is 17.7 Å². The minimum absolute atomic E-state index is 0.166. The van der Waals surface area contributed by atoms with Crippen LogP contribution in [0.25, 0.3) is 0 Å². The van der Waals surface area contributed by atoms with Crippen LogP contribution in [0.5, 0.6) is 11.5 Å². The number of ether oxygens (including phenoxy) is 1. The molecule has 0 bridgehead atoms. The Morgan fingerprint density at radius 2 is 1.68 bits per heavy atom. The normalized spacial score (nSPS) is 12.3. The number of rotatable bonds is 3. The van der Waals surface area contributed by atoms with Gasteiger partial charge in [-0.2, -0.15) is 0 Å². The molecule has 0 aliphatic carbocycles. The van der Waals surface area contributed by atoms with Crippen molar-refractivity contribution in [3.63, 3.8) is 0 Å². The molecule has 0 fully saturated rings. The Hall–Kier alpha value is -1.65. The van der Waals surface area contributed by atoms with Gasteiger partial charge < -0.3 is 9.84 Å². The number of halogens is 3. The van der Waals surface area contributed by atoms with Crippen molar-refractivity contribution in [3.8, 4) is 11.5 Å². The summed E-state index contributed by atoms with van der Waals surface area (Å²) in [5, 5.41) is 9.78. The Morgan fingerprint density at radius 3 is 2.26 bits per heavy atom. The highest BCUT2D eigenvalue weighted by atomic mass is 35.5. The van der Waals surface area contributed by atoms with Gasteiger partial charge in [0.1, 0.15) is 11.5 Å². The Labute approximate surface area is 114 Å².